The van der Waals surface area contributed by atoms with E-state index < -0.39 is 6.10 Å². The maximum absolute atomic E-state index is 13.2. The van der Waals surface area contributed by atoms with Gasteiger partial charge in [0.15, 0.2) is 0 Å². The fraction of sp³-hybridized carbons (Fsp3) is 0.630. The number of thiazole rings is 1. The number of rotatable bonds is 5. The number of aromatic nitrogens is 1. The number of morpholine rings is 1. The fourth-order valence-corrected chi connectivity index (χ4v) is 8.08. The second kappa shape index (κ2) is 10.0. The normalized spacial score (nSPS) is 31.4. The van der Waals surface area contributed by atoms with E-state index in [1.165, 1.54) is 4.88 Å². The minimum atomic E-state index is -0.523. The summed E-state index contributed by atoms with van der Waals surface area (Å²) in [6.45, 7) is 9.40. The summed E-state index contributed by atoms with van der Waals surface area (Å²) < 4.78 is 11.4. The number of aliphatic hydroxyl groups excluding tert-OH is 1. The van der Waals surface area contributed by atoms with Crippen LogP contribution in [0.2, 0.25) is 5.02 Å². The largest absolute Gasteiger partial charge is 0.486 e. The molecule has 190 valence electrons. The minimum absolute atomic E-state index is 0.00167. The highest BCUT2D eigenvalue weighted by Gasteiger charge is 2.54. The first kappa shape index (κ1) is 25.0. The third-order valence-corrected chi connectivity index (χ3v) is 9.76. The van der Waals surface area contributed by atoms with Crippen molar-refractivity contribution < 1.29 is 19.4 Å². The molecule has 5 rings (SSSR count). The summed E-state index contributed by atoms with van der Waals surface area (Å²) in [7, 11) is 0. The number of hydrogen-bond donors (Lipinski definition) is 1. The van der Waals surface area contributed by atoms with Crippen LogP contribution < -0.4 is 4.74 Å². The van der Waals surface area contributed by atoms with E-state index in [9.17, 15) is 9.90 Å². The highest BCUT2D eigenvalue weighted by Crippen LogP contribution is 2.57. The van der Waals surface area contributed by atoms with Crippen LogP contribution in [0.4, 0.5) is 0 Å². The predicted molar refractivity (Wildman–Crippen MR) is 137 cm³/mol. The summed E-state index contributed by atoms with van der Waals surface area (Å²) >= 11 is 7.80. The van der Waals surface area contributed by atoms with Crippen molar-refractivity contribution in [3.8, 4) is 5.75 Å². The molecule has 0 bridgehead atoms. The van der Waals surface area contributed by atoms with E-state index in [0.717, 1.165) is 35.7 Å². The lowest BCUT2D eigenvalue weighted by Crippen LogP contribution is -2.54. The van der Waals surface area contributed by atoms with E-state index in [4.69, 9.17) is 26.1 Å². The van der Waals surface area contributed by atoms with Crippen LogP contribution in [0.3, 0.4) is 0 Å². The first-order valence-corrected chi connectivity index (χ1v) is 13.9. The molecule has 8 heteroatoms. The molecular formula is C27H35ClN2O4S. The molecule has 0 spiro atoms. The summed E-state index contributed by atoms with van der Waals surface area (Å²) in [4.78, 5) is 21.4. The average Bonchev–Trinajstić information content (AvgIpc) is 3.25. The van der Waals surface area contributed by atoms with Crippen molar-refractivity contribution in [1.29, 1.82) is 0 Å². The smallest absolute Gasteiger partial charge is 0.225 e. The SMILES string of the molecule is C[C@H](C(=O)N1CCOCC1)[C@H]1CC[C@@]2(C)Cc3sc(COc4cccc(Cl)c4)nc3[C@@H](C)[C@@H]2[C@H]1O. The van der Waals surface area contributed by atoms with Crippen molar-refractivity contribution >= 4 is 28.8 Å². The van der Waals surface area contributed by atoms with Gasteiger partial charge >= 0.3 is 0 Å². The van der Waals surface area contributed by atoms with Crippen molar-refractivity contribution in [2.75, 3.05) is 26.3 Å². The van der Waals surface area contributed by atoms with Crippen LogP contribution in [0.15, 0.2) is 24.3 Å². The number of hydrogen-bond acceptors (Lipinski definition) is 6. The number of amides is 1. The Bertz CT molecular complexity index is 1070. The van der Waals surface area contributed by atoms with Gasteiger partial charge in [-0.25, -0.2) is 4.98 Å². The Morgan fingerprint density at radius 1 is 1.40 bits per heavy atom. The first-order chi connectivity index (χ1) is 16.8. The summed E-state index contributed by atoms with van der Waals surface area (Å²) in [5.41, 5.74) is 1.09. The molecule has 1 aromatic carbocycles. The van der Waals surface area contributed by atoms with Crippen LogP contribution in [0, 0.1) is 23.2 Å². The van der Waals surface area contributed by atoms with Crippen molar-refractivity contribution in [2.24, 2.45) is 23.2 Å². The number of aliphatic hydroxyl groups is 1. The van der Waals surface area contributed by atoms with Gasteiger partial charge in [-0.3, -0.25) is 4.79 Å². The molecule has 2 aromatic rings. The molecule has 2 fully saturated rings. The van der Waals surface area contributed by atoms with Crippen LogP contribution in [-0.2, 0) is 22.6 Å². The minimum Gasteiger partial charge on any atom is -0.486 e. The van der Waals surface area contributed by atoms with Gasteiger partial charge in [0.25, 0.3) is 0 Å². The molecule has 1 aromatic heterocycles. The van der Waals surface area contributed by atoms with Crippen LogP contribution >= 0.6 is 22.9 Å². The molecule has 0 unspecified atom stereocenters. The highest BCUT2D eigenvalue weighted by molar-refractivity contribution is 7.11. The maximum atomic E-state index is 13.2. The van der Waals surface area contributed by atoms with E-state index in [-0.39, 0.29) is 35.0 Å². The number of nitrogens with zero attached hydrogens (tertiary/aromatic N) is 2. The third-order valence-electron chi connectivity index (χ3n) is 8.48. The first-order valence-electron chi connectivity index (χ1n) is 12.7. The van der Waals surface area contributed by atoms with Gasteiger partial charge in [0.2, 0.25) is 5.91 Å². The van der Waals surface area contributed by atoms with E-state index in [1.807, 2.05) is 36.1 Å². The van der Waals surface area contributed by atoms with Gasteiger partial charge in [0, 0.05) is 34.8 Å². The van der Waals surface area contributed by atoms with Gasteiger partial charge in [-0.1, -0.05) is 38.4 Å². The number of carbonyl (C=O) groups is 1. The van der Waals surface area contributed by atoms with Crippen molar-refractivity contribution in [1.82, 2.24) is 9.88 Å². The lowest BCUT2D eigenvalue weighted by atomic mass is 9.53. The molecule has 2 heterocycles. The number of carbonyl (C=O) groups excluding carboxylic acids is 1. The van der Waals surface area contributed by atoms with Crippen molar-refractivity contribution in [3.63, 3.8) is 0 Å². The molecule has 1 saturated carbocycles. The third kappa shape index (κ3) is 4.85. The number of ether oxygens (including phenoxy) is 2. The Balaban J connectivity index is 1.31. The Morgan fingerprint density at radius 3 is 2.91 bits per heavy atom. The van der Waals surface area contributed by atoms with Crippen LogP contribution in [0.1, 0.15) is 55.1 Å². The second-order valence-electron chi connectivity index (χ2n) is 10.7. The van der Waals surface area contributed by atoms with Crippen LogP contribution in [0.25, 0.3) is 0 Å². The molecule has 1 N–H and O–H groups in total. The molecule has 6 atom stereocenters. The topological polar surface area (TPSA) is 71.9 Å². The summed E-state index contributed by atoms with van der Waals surface area (Å²) in [5.74, 6) is 0.867. The van der Waals surface area contributed by atoms with E-state index in [1.54, 1.807) is 11.3 Å². The van der Waals surface area contributed by atoms with E-state index >= 15 is 0 Å². The quantitative estimate of drug-likeness (QED) is 0.608. The second-order valence-corrected chi connectivity index (χ2v) is 12.3. The fourth-order valence-electron chi connectivity index (χ4n) is 6.62. The lowest BCUT2D eigenvalue weighted by Gasteiger charge is -2.53. The zero-order valence-electron chi connectivity index (χ0n) is 20.7. The van der Waals surface area contributed by atoms with Gasteiger partial charge in [-0.15, -0.1) is 11.3 Å². The van der Waals surface area contributed by atoms with Gasteiger partial charge in [0.1, 0.15) is 17.4 Å². The number of halogens is 1. The summed E-state index contributed by atoms with van der Waals surface area (Å²) in [5, 5.41) is 13.3. The van der Waals surface area contributed by atoms with Gasteiger partial charge in [-0.2, -0.15) is 0 Å². The Morgan fingerprint density at radius 2 is 2.17 bits per heavy atom. The standard InChI is InChI=1S/C27H35ClN2O4S/c1-16(26(32)30-9-11-33-12-10-30)20-7-8-27(3)14-21-24(17(2)23(27)25(20)31)29-22(35-21)15-34-19-6-4-5-18(28)13-19/h4-6,13,16-17,20,23,25,31H,7-12,14-15H2,1-3H3/t16-,17-,20+,23+,25-,27-/m0/s1. The summed E-state index contributed by atoms with van der Waals surface area (Å²) in [6.07, 6.45) is 2.28. The highest BCUT2D eigenvalue weighted by atomic mass is 35.5. The Labute approximate surface area is 216 Å². The maximum Gasteiger partial charge on any atom is 0.225 e. The van der Waals surface area contributed by atoms with Crippen molar-refractivity contribution in [2.45, 2.75) is 58.7 Å². The molecule has 35 heavy (non-hydrogen) atoms. The molecule has 0 radical (unpaired) electrons. The van der Waals surface area contributed by atoms with Crippen LogP contribution in [-0.4, -0.2) is 53.3 Å². The number of fused-ring (bicyclic) bond motifs is 2. The monoisotopic (exact) mass is 518 g/mol. The lowest BCUT2D eigenvalue weighted by molar-refractivity contribution is -0.148. The van der Waals surface area contributed by atoms with Crippen LogP contribution in [0.5, 0.6) is 5.75 Å². The zero-order chi connectivity index (χ0) is 24.7. The number of benzene rings is 1. The molecule has 2 aliphatic carbocycles. The van der Waals surface area contributed by atoms with Gasteiger partial charge < -0.3 is 19.5 Å². The van der Waals surface area contributed by atoms with E-state index in [0.29, 0.717) is 37.9 Å². The molecule has 3 aliphatic rings. The van der Waals surface area contributed by atoms with Gasteiger partial charge in [0.05, 0.1) is 25.0 Å². The molecule has 1 amide bonds. The molecular weight excluding hydrogens is 484 g/mol. The zero-order valence-corrected chi connectivity index (χ0v) is 22.3. The van der Waals surface area contributed by atoms with Crippen molar-refractivity contribution in [3.05, 3.63) is 44.9 Å². The molecule has 1 saturated heterocycles. The molecule has 1 aliphatic heterocycles. The average molecular weight is 519 g/mol. The van der Waals surface area contributed by atoms with E-state index in [2.05, 4.69) is 13.8 Å². The summed E-state index contributed by atoms with van der Waals surface area (Å²) in [6, 6.07) is 7.41. The molecule has 6 nitrogen and oxygen atoms in total. The Kier molecular flexibility index (Phi) is 7.14. The predicted octanol–water partition coefficient (Wildman–Crippen LogP) is 4.92. The Hall–Kier alpha value is -1.67. The van der Waals surface area contributed by atoms with Gasteiger partial charge in [-0.05, 0) is 54.7 Å².